The van der Waals surface area contributed by atoms with Gasteiger partial charge in [0.2, 0.25) is 0 Å². The van der Waals surface area contributed by atoms with Crippen molar-refractivity contribution in [3.8, 4) is 16.3 Å². The highest BCUT2D eigenvalue weighted by atomic mass is 32.1. The van der Waals surface area contributed by atoms with Crippen LogP contribution in [-0.2, 0) is 11.3 Å². The monoisotopic (exact) mass is 313 g/mol. The summed E-state index contributed by atoms with van der Waals surface area (Å²) >= 11 is 1.08. The van der Waals surface area contributed by atoms with Crippen LogP contribution in [0.2, 0.25) is 0 Å². The Morgan fingerprint density at radius 1 is 1.38 bits per heavy atom. The van der Waals surface area contributed by atoms with Gasteiger partial charge in [0.15, 0.2) is 0 Å². The number of benzene rings is 1. The highest BCUT2D eigenvalue weighted by Crippen LogP contribution is 2.32. The standard InChI is InChI=1S/C14H13F2NO3S/c15-11-3-10(20-9-1-2-19-6-9)4-12(16)13(11)14-17-8(5-18)7-21-14/h3-4,7,9,18H,1-2,5-6H2/t9-/m0/s1. The summed E-state index contributed by atoms with van der Waals surface area (Å²) in [7, 11) is 0. The van der Waals surface area contributed by atoms with Crippen LogP contribution < -0.4 is 4.74 Å². The second kappa shape index (κ2) is 6.05. The quantitative estimate of drug-likeness (QED) is 0.943. The van der Waals surface area contributed by atoms with Gasteiger partial charge in [0.1, 0.15) is 28.5 Å². The highest BCUT2D eigenvalue weighted by Gasteiger charge is 2.21. The summed E-state index contributed by atoms with van der Waals surface area (Å²) < 4.78 is 38.9. The third kappa shape index (κ3) is 3.04. The molecule has 1 atom stereocenters. The largest absolute Gasteiger partial charge is 0.488 e. The molecule has 1 aliphatic heterocycles. The van der Waals surface area contributed by atoms with E-state index in [-0.39, 0.29) is 29.0 Å². The predicted molar refractivity (Wildman–Crippen MR) is 73.2 cm³/mol. The summed E-state index contributed by atoms with van der Waals surface area (Å²) in [6.07, 6.45) is 0.535. The molecule has 0 aliphatic carbocycles. The number of ether oxygens (including phenoxy) is 2. The third-order valence-electron chi connectivity index (χ3n) is 3.13. The summed E-state index contributed by atoms with van der Waals surface area (Å²) in [6.45, 7) is 0.761. The first-order valence-electron chi connectivity index (χ1n) is 6.46. The molecule has 2 aromatic rings. The minimum Gasteiger partial charge on any atom is -0.488 e. The topological polar surface area (TPSA) is 51.6 Å². The van der Waals surface area contributed by atoms with Gasteiger partial charge >= 0.3 is 0 Å². The van der Waals surface area contributed by atoms with Crippen LogP contribution in [0.25, 0.3) is 10.6 Å². The Kier molecular flexibility index (Phi) is 4.14. The Bertz CT molecular complexity index is 618. The first-order chi connectivity index (χ1) is 10.2. The Morgan fingerprint density at radius 3 is 2.71 bits per heavy atom. The molecule has 0 unspecified atom stereocenters. The average molecular weight is 313 g/mol. The molecule has 0 saturated carbocycles. The van der Waals surface area contributed by atoms with Gasteiger partial charge in [-0.2, -0.15) is 0 Å². The average Bonchev–Trinajstić information content (AvgIpc) is 3.09. The summed E-state index contributed by atoms with van der Waals surface area (Å²) in [5, 5.41) is 10.7. The minimum absolute atomic E-state index is 0.142. The molecule has 1 saturated heterocycles. The molecule has 0 amide bonds. The second-order valence-electron chi connectivity index (χ2n) is 4.67. The molecule has 1 N–H and O–H groups in total. The zero-order valence-electron chi connectivity index (χ0n) is 11.0. The van der Waals surface area contributed by atoms with Crippen molar-refractivity contribution in [2.75, 3.05) is 13.2 Å². The van der Waals surface area contributed by atoms with E-state index in [1.165, 1.54) is 0 Å². The van der Waals surface area contributed by atoms with Crippen LogP contribution in [0.5, 0.6) is 5.75 Å². The molecule has 3 rings (SSSR count). The maximum Gasteiger partial charge on any atom is 0.140 e. The molecule has 1 aromatic heterocycles. The number of aromatic nitrogens is 1. The maximum absolute atomic E-state index is 14.1. The van der Waals surface area contributed by atoms with Gasteiger partial charge in [-0.05, 0) is 0 Å². The molecule has 112 valence electrons. The van der Waals surface area contributed by atoms with Crippen molar-refractivity contribution >= 4 is 11.3 Å². The zero-order chi connectivity index (χ0) is 14.8. The van der Waals surface area contributed by atoms with Crippen LogP contribution in [0.4, 0.5) is 8.78 Å². The fraction of sp³-hybridized carbons (Fsp3) is 0.357. The fourth-order valence-electron chi connectivity index (χ4n) is 2.11. The van der Waals surface area contributed by atoms with Gasteiger partial charge in [0.25, 0.3) is 0 Å². The summed E-state index contributed by atoms with van der Waals surface area (Å²) in [5.41, 5.74) is 0.187. The number of aliphatic hydroxyl groups excluding tert-OH is 1. The summed E-state index contributed by atoms with van der Waals surface area (Å²) in [5.74, 6) is -1.33. The molecule has 0 radical (unpaired) electrons. The van der Waals surface area contributed by atoms with Crippen molar-refractivity contribution in [3.05, 3.63) is 34.8 Å². The minimum atomic E-state index is -0.734. The van der Waals surface area contributed by atoms with Gasteiger partial charge in [0.05, 0.1) is 31.1 Å². The third-order valence-corrected chi connectivity index (χ3v) is 4.04. The van der Waals surface area contributed by atoms with Gasteiger partial charge in [-0.15, -0.1) is 11.3 Å². The van der Waals surface area contributed by atoms with E-state index in [9.17, 15) is 8.78 Å². The van der Waals surface area contributed by atoms with E-state index in [4.69, 9.17) is 14.6 Å². The van der Waals surface area contributed by atoms with Gasteiger partial charge < -0.3 is 14.6 Å². The first kappa shape index (κ1) is 14.4. The van der Waals surface area contributed by atoms with E-state index < -0.39 is 11.6 Å². The van der Waals surface area contributed by atoms with Crippen LogP contribution >= 0.6 is 11.3 Å². The number of rotatable bonds is 4. The molecule has 1 fully saturated rings. The zero-order valence-corrected chi connectivity index (χ0v) is 11.8. The van der Waals surface area contributed by atoms with E-state index >= 15 is 0 Å². The number of hydrogen-bond acceptors (Lipinski definition) is 5. The van der Waals surface area contributed by atoms with Crippen molar-refractivity contribution in [1.29, 1.82) is 0 Å². The maximum atomic E-state index is 14.1. The molecule has 4 nitrogen and oxygen atoms in total. The van der Waals surface area contributed by atoms with E-state index in [2.05, 4.69) is 4.98 Å². The second-order valence-corrected chi connectivity index (χ2v) is 5.53. The molecule has 1 aromatic carbocycles. The highest BCUT2D eigenvalue weighted by molar-refractivity contribution is 7.13. The van der Waals surface area contributed by atoms with Gasteiger partial charge in [0, 0.05) is 23.9 Å². The van der Waals surface area contributed by atoms with Crippen LogP contribution in [0.15, 0.2) is 17.5 Å². The molecule has 21 heavy (non-hydrogen) atoms. The normalized spacial score (nSPS) is 18.1. The molecule has 1 aliphatic rings. The Morgan fingerprint density at radius 2 is 2.14 bits per heavy atom. The lowest BCUT2D eigenvalue weighted by Crippen LogP contribution is -2.16. The predicted octanol–water partition coefficient (Wildman–Crippen LogP) is 2.75. The first-order valence-corrected chi connectivity index (χ1v) is 7.34. The number of hydrogen-bond donors (Lipinski definition) is 1. The van der Waals surface area contributed by atoms with Crippen molar-refractivity contribution in [2.24, 2.45) is 0 Å². The lowest BCUT2D eigenvalue weighted by molar-refractivity contribution is 0.141. The van der Waals surface area contributed by atoms with Crippen molar-refractivity contribution in [3.63, 3.8) is 0 Å². The number of halogens is 2. The van der Waals surface area contributed by atoms with Crippen LogP contribution in [-0.4, -0.2) is 29.4 Å². The SMILES string of the molecule is OCc1csc(-c2c(F)cc(O[C@H]3CCOC3)cc2F)n1. The van der Waals surface area contributed by atoms with Crippen LogP contribution in [0.1, 0.15) is 12.1 Å². The lowest BCUT2D eigenvalue weighted by Gasteiger charge is -2.13. The number of thiazole rings is 1. The Labute approximate surface area is 124 Å². The van der Waals surface area contributed by atoms with E-state index in [1.807, 2.05) is 0 Å². The molecule has 0 bridgehead atoms. The van der Waals surface area contributed by atoms with E-state index in [1.54, 1.807) is 5.38 Å². The van der Waals surface area contributed by atoms with E-state index in [0.29, 0.717) is 25.3 Å². The van der Waals surface area contributed by atoms with Gasteiger partial charge in [-0.3, -0.25) is 0 Å². The van der Waals surface area contributed by atoms with Crippen LogP contribution in [0, 0.1) is 11.6 Å². The van der Waals surface area contributed by atoms with Crippen molar-refractivity contribution < 1.29 is 23.4 Å². The van der Waals surface area contributed by atoms with Crippen molar-refractivity contribution in [2.45, 2.75) is 19.1 Å². The number of nitrogens with zero attached hydrogens (tertiary/aromatic N) is 1. The van der Waals surface area contributed by atoms with Gasteiger partial charge in [-0.25, -0.2) is 13.8 Å². The van der Waals surface area contributed by atoms with Crippen molar-refractivity contribution in [1.82, 2.24) is 4.98 Å². The smallest absolute Gasteiger partial charge is 0.140 e. The Balaban J connectivity index is 1.88. The molecule has 2 heterocycles. The fourth-order valence-corrected chi connectivity index (χ4v) is 2.97. The Hall–Kier alpha value is -1.57. The molecule has 7 heteroatoms. The summed E-state index contributed by atoms with van der Waals surface area (Å²) in [6, 6.07) is 2.30. The lowest BCUT2D eigenvalue weighted by atomic mass is 10.2. The molecular formula is C14H13F2NO3S. The van der Waals surface area contributed by atoms with E-state index in [0.717, 1.165) is 23.5 Å². The van der Waals surface area contributed by atoms with Crippen LogP contribution in [0.3, 0.4) is 0 Å². The summed E-state index contributed by atoms with van der Waals surface area (Å²) in [4.78, 5) is 3.98. The number of aliphatic hydroxyl groups is 1. The molecule has 0 spiro atoms. The molecular weight excluding hydrogens is 300 g/mol. The van der Waals surface area contributed by atoms with Gasteiger partial charge in [-0.1, -0.05) is 0 Å².